The van der Waals surface area contributed by atoms with E-state index in [-0.39, 0.29) is 30.1 Å². The predicted molar refractivity (Wildman–Crippen MR) is 167 cm³/mol. The van der Waals surface area contributed by atoms with Gasteiger partial charge in [-0.1, -0.05) is 48.6 Å². The van der Waals surface area contributed by atoms with E-state index in [1.165, 1.54) is 5.19 Å². The fraction of sp³-hybridized carbons (Fsp3) is 0.433. The number of ether oxygens (including phenoxy) is 2. The minimum absolute atomic E-state index is 0.00470. The van der Waals surface area contributed by atoms with Gasteiger partial charge in [-0.15, -0.1) is 11.7 Å². The quantitative estimate of drug-likeness (QED) is 0.197. The summed E-state index contributed by atoms with van der Waals surface area (Å²) in [4.78, 5) is 16.2. The van der Waals surface area contributed by atoms with Crippen LogP contribution in [-0.4, -0.2) is 60.4 Å². The number of anilines is 1. The van der Waals surface area contributed by atoms with Crippen molar-refractivity contribution in [2.45, 2.75) is 56.7 Å². The van der Waals surface area contributed by atoms with Crippen LogP contribution in [0.25, 0.3) is 0 Å². The lowest BCUT2D eigenvalue weighted by Gasteiger charge is -2.37. The van der Waals surface area contributed by atoms with Gasteiger partial charge in [0.15, 0.2) is 5.60 Å². The van der Waals surface area contributed by atoms with E-state index >= 15 is 0 Å². The van der Waals surface area contributed by atoms with E-state index in [1.54, 1.807) is 13.2 Å². The standard InChI is InChI=1S/C30H37IN4O4Si/c1-6-15-35-26-12-7-21(31)18-25(26)30(29(35)37)20(2)28(40(4,5)24-10-8-23(38-3)9-11-24)27(39-30)13-16-34-19-22(14-17-36)32-33-34/h6-12,18-20,27-28,36H,1,13-17H2,2-5H3/t20-,27+,28-,30+/m0/s1. The molecular weight excluding hydrogens is 635 g/mol. The van der Waals surface area contributed by atoms with E-state index < -0.39 is 13.7 Å². The molecule has 1 spiro atoms. The van der Waals surface area contributed by atoms with Crippen LogP contribution in [0.3, 0.4) is 0 Å². The highest BCUT2D eigenvalue weighted by molar-refractivity contribution is 14.1. The van der Waals surface area contributed by atoms with Crippen LogP contribution in [0.2, 0.25) is 18.6 Å². The second-order valence-corrected chi connectivity index (χ2v) is 17.2. The molecule has 5 rings (SSSR count). The molecule has 0 bridgehead atoms. The molecule has 0 aliphatic carbocycles. The van der Waals surface area contributed by atoms with Gasteiger partial charge < -0.3 is 19.5 Å². The molecule has 1 N–H and O–H groups in total. The summed E-state index contributed by atoms with van der Waals surface area (Å²) < 4.78 is 15.4. The minimum atomic E-state index is -2.20. The van der Waals surface area contributed by atoms with Gasteiger partial charge in [0, 0.05) is 47.4 Å². The molecule has 10 heteroatoms. The van der Waals surface area contributed by atoms with Gasteiger partial charge in [0.25, 0.3) is 5.91 Å². The third-order valence-corrected chi connectivity index (χ3v) is 13.7. The van der Waals surface area contributed by atoms with Crippen molar-refractivity contribution in [2.24, 2.45) is 5.92 Å². The molecular formula is C30H37IN4O4Si. The predicted octanol–water partition coefficient (Wildman–Crippen LogP) is 4.27. The Morgan fingerprint density at radius 3 is 2.67 bits per heavy atom. The van der Waals surface area contributed by atoms with Crippen LogP contribution in [0.5, 0.6) is 5.75 Å². The molecule has 2 aromatic carbocycles. The smallest absolute Gasteiger partial charge is 0.264 e. The van der Waals surface area contributed by atoms with Gasteiger partial charge >= 0.3 is 0 Å². The average molecular weight is 673 g/mol. The van der Waals surface area contributed by atoms with Crippen LogP contribution in [-0.2, 0) is 28.1 Å². The van der Waals surface area contributed by atoms with Crippen molar-refractivity contribution in [3.63, 3.8) is 0 Å². The molecule has 3 aromatic rings. The number of hydrogen-bond acceptors (Lipinski definition) is 6. The summed E-state index contributed by atoms with van der Waals surface area (Å²) in [5.41, 5.74) is 1.72. The summed E-state index contributed by atoms with van der Waals surface area (Å²) >= 11 is 2.32. The summed E-state index contributed by atoms with van der Waals surface area (Å²) in [7, 11) is -0.524. The van der Waals surface area contributed by atoms with Gasteiger partial charge in [0.2, 0.25) is 0 Å². The molecule has 3 heterocycles. The van der Waals surface area contributed by atoms with Crippen LogP contribution in [0.1, 0.15) is 24.6 Å². The van der Waals surface area contributed by atoms with Crippen LogP contribution in [0.15, 0.2) is 61.3 Å². The number of fused-ring (bicyclic) bond motifs is 2. The third-order valence-electron chi connectivity index (χ3n) is 8.71. The molecule has 0 unspecified atom stereocenters. The van der Waals surface area contributed by atoms with Gasteiger partial charge in [-0.05, 0) is 64.9 Å². The molecule has 0 saturated carbocycles. The monoisotopic (exact) mass is 672 g/mol. The van der Waals surface area contributed by atoms with Crippen LogP contribution < -0.4 is 14.8 Å². The first kappa shape index (κ1) is 29.0. The summed E-state index contributed by atoms with van der Waals surface area (Å²) in [5.74, 6) is 0.771. The maximum Gasteiger partial charge on any atom is 0.264 e. The van der Waals surface area contributed by atoms with E-state index in [2.05, 4.69) is 77.7 Å². The van der Waals surface area contributed by atoms with Crippen molar-refractivity contribution in [3.05, 3.63) is 76.1 Å². The van der Waals surface area contributed by atoms with Crippen LogP contribution in [0.4, 0.5) is 5.69 Å². The molecule has 2 aliphatic rings. The Balaban J connectivity index is 1.57. The molecule has 1 amide bonds. The molecule has 1 aromatic heterocycles. The Labute approximate surface area is 250 Å². The highest BCUT2D eigenvalue weighted by atomic mass is 127. The van der Waals surface area contributed by atoms with Crippen molar-refractivity contribution in [3.8, 4) is 5.75 Å². The lowest BCUT2D eigenvalue weighted by molar-refractivity contribution is -0.145. The summed E-state index contributed by atoms with van der Waals surface area (Å²) in [6.45, 7) is 12.0. The average Bonchev–Trinajstić information content (AvgIpc) is 3.58. The minimum Gasteiger partial charge on any atom is -0.497 e. The number of hydrogen-bond donors (Lipinski definition) is 1. The van der Waals surface area contributed by atoms with Gasteiger partial charge in [-0.3, -0.25) is 9.48 Å². The lowest BCUT2D eigenvalue weighted by Crippen LogP contribution is -2.51. The van der Waals surface area contributed by atoms with E-state index in [1.807, 2.05) is 40.0 Å². The summed E-state index contributed by atoms with van der Waals surface area (Å²) in [5, 5.41) is 19.1. The highest BCUT2D eigenvalue weighted by Gasteiger charge is 2.66. The van der Waals surface area contributed by atoms with Gasteiger partial charge in [-0.2, -0.15) is 0 Å². The topological polar surface area (TPSA) is 89.7 Å². The number of aryl methyl sites for hydroxylation is 1. The number of benzene rings is 2. The first-order valence-corrected chi connectivity index (χ1v) is 17.9. The van der Waals surface area contributed by atoms with E-state index in [9.17, 15) is 9.90 Å². The lowest BCUT2D eigenvalue weighted by atomic mass is 9.82. The first-order chi connectivity index (χ1) is 19.2. The molecule has 1 saturated heterocycles. The van der Waals surface area contributed by atoms with Gasteiger partial charge in [0.05, 0.1) is 32.7 Å². The number of amides is 1. The molecule has 0 radical (unpaired) electrons. The van der Waals surface area contributed by atoms with Crippen molar-refractivity contribution in [1.29, 1.82) is 0 Å². The van der Waals surface area contributed by atoms with Gasteiger partial charge in [0.1, 0.15) is 5.75 Å². The second-order valence-electron chi connectivity index (χ2n) is 11.3. The third kappa shape index (κ3) is 4.82. The Hall–Kier alpha value is -2.54. The Bertz CT molecular complexity index is 1390. The Morgan fingerprint density at radius 1 is 1.25 bits per heavy atom. The first-order valence-electron chi connectivity index (χ1n) is 13.7. The highest BCUT2D eigenvalue weighted by Crippen LogP contribution is 2.60. The zero-order valence-corrected chi connectivity index (χ0v) is 26.7. The molecule has 212 valence electrons. The number of aliphatic hydroxyl groups excluding tert-OH is 1. The normalized spacial score (nSPS) is 24.1. The molecule has 4 atom stereocenters. The molecule has 2 aliphatic heterocycles. The molecule has 40 heavy (non-hydrogen) atoms. The van der Waals surface area contributed by atoms with Crippen molar-refractivity contribution in [2.75, 3.05) is 25.2 Å². The fourth-order valence-corrected chi connectivity index (χ4v) is 11.4. The number of aromatic nitrogens is 3. The van der Waals surface area contributed by atoms with Crippen molar-refractivity contribution < 1.29 is 19.4 Å². The Kier molecular flexibility index (Phi) is 8.24. The van der Waals surface area contributed by atoms with E-state index in [0.29, 0.717) is 25.9 Å². The van der Waals surface area contributed by atoms with Crippen molar-refractivity contribution >= 4 is 47.4 Å². The number of carbonyl (C=O) groups excluding carboxylic acids is 1. The number of nitrogens with zero attached hydrogens (tertiary/aromatic N) is 4. The summed E-state index contributed by atoms with van der Waals surface area (Å²) in [6.07, 6.45) is 4.67. The zero-order valence-electron chi connectivity index (χ0n) is 23.5. The number of carbonyl (C=O) groups is 1. The fourth-order valence-electron chi connectivity index (χ4n) is 6.80. The van der Waals surface area contributed by atoms with Crippen LogP contribution >= 0.6 is 22.6 Å². The number of aliphatic hydroxyl groups is 1. The zero-order chi connectivity index (χ0) is 28.7. The van der Waals surface area contributed by atoms with E-state index in [0.717, 1.165) is 26.3 Å². The van der Waals surface area contributed by atoms with Crippen molar-refractivity contribution in [1.82, 2.24) is 15.0 Å². The Morgan fingerprint density at radius 2 is 2.00 bits per heavy atom. The largest absolute Gasteiger partial charge is 0.497 e. The number of rotatable bonds is 10. The SMILES string of the molecule is C=CCN1C(=O)[C@]2(O[C@H](CCn3cc(CCO)nn3)[C@@H]([Si](C)(C)c3ccc(OC)cc3)[C@@H]2C)c2cc(I)ccc21. The number of halogens is 1. The summed E-state index contributed by atoms with van der Waals surface area (Å²) in [6, 6.07) is 14.6. The second kappa shape index (κ2) is 11.4. The van der Waals surface area contributed by atoms with Crippen LogP contribution in [0, 0.1) is 9.49 Å². The maximum absolute atomic E-state index is 14.4. The molecule has 8 nitrogen and oxygen atoms in total. The van der Waals surface area contributed by atoms with Gasteiger partial charge in [-0.25, -0.2) is 0 Å². The maximum atomic E-state index is 14.4. The van der Waals surface area contributed by atoms with E-state index in [4.69, 9.17) is 9.47 Å². The number of methoxy groups -OCH3 is 1. The molecule has 1 fully saturated rings.